The molecule has 1 atom stereocenters. The third-order valence-electron chi connectivity index (χ3n) is 5.32. The Hall–Kier alpha value is -2.09. The summed E-state index contributed by atoms with van der Waals surface area (Å²) in [5.41, 5.74) is 0.939. The SMILES string of the molecule is CC1CCN(S(=O)(=O)c2ccc(OCC(=O)N[C@H](C)c3ccc(Cl)cc3)cc2)CC1. The van der Waals surface area contributed by atoms with Gasteiger partial charge in [-0.3, -0.25) is 4.79 Å². The molecule has 0 aliphatic carbocycles. The zero-order valence-corrected chi connectivity index (χ0v) is 18.7. The van der Waals surface area contributed by atoms with E-state index in [1.807, 2.05) is 19.1 Å². The second-order valence-electron chi connectivity index (χ2n) is 7.69. The molecule has 1 amide bonds. The Labute approximate surface area is 183 Å². The summed E-state index contributed by atoms with van der Waals surface area (Å²) < 4.78 is 32.6. The van der Waals surface area contributed by atoms with Gasteiger partial charge in [0.15, 0.2) is 6.61 Å². The molecule has 0 radical (unpaired) electrons. The molecule has 0 spiro atoms. The van der Waals surface area contributed by atoms with Crippen LogP contribution in [-0.2, 0) is 14.8 Å². The van der Waals surface area contributed by atoms with Crippen LogP contribution in [0.2, 0.25) is 5.02 Å². The van der Waals surface area contributed by atoms with Gasteiger partial charge in [0.2, 0.25) is 10.0 Å². The molecule has 1 heterocycles. The Bertz CT molecular complexity index is 954. The van der Waals surface area contributed by atoms with Gasteiger partial charge in [0.05, 0.1) is 10.9 Å². The fourth-order valence-corrected chi connectivity index (χ4v) is 4.94. The Morgan fingerprint density at radius 1 is 1.13 bits per heavy atom. The molecule has 1 aliphatic heterocycles. The number of benzene rings is 2. The molecule has 2 aromatic rings. The summed E-state index contributed by atoms with van der Waals surface area (Å²) in [4.78, 5) is 12.4. The largest absolute Gasteiger partial charge is 0.484 e. The van der Waals surface area contributed by atoms with Gasteiger partial charge in [-0.25, -0.2) is 8.42 Å². The van der Waals surface area contributed by atoms with Gasteiger partial charge in [0.1, 0.15) is 5.75 Å². The number of halogens is 1. The smallest absolute Gasteiger partial charge is 0.258 e. The molecule has 1 saturated heterocycles. The van der Waals surface area contributed by atoms with Crippen molar-refractivity contribution in [1.29, 1.82) is 0 Å². The standard InChI is InChI=1S/C22H27ClN2O4S/c1-16-11-13-25(14-12-16)30(27,28)21-9-7-20(8-10-21)29-15-22(26)24-17(2)18-3-5-19(23)6-4-18/h3-10,16-17H,11-15H2,1-2H3,(H,24,26)/t17-/m1/s1. The predicted octanol–water partition coefficient (Wildman–Crippen LogP) is 4.02. The minimum Gasteiger partial charge on any atom is -0.484 e. The monoisotopic (exact) mass is 450 g/mol. The minimum absolute atomic E-state index is 0.159. The van der Waals surface area contributed by atoms with Crippen LogP contribution in [0.15, 0.2) is 53.4 Å². The number of nitrogens with zero attached hydrogens (tertiary/aromatic N) is 1. The van der Waals surface area contributed by atoms with Gasteiger partial charge < -0.3 is 10.1 Å². The highest BCUT2D eigenvalue weighted by Gasteiger charge is 2.27. The highest BCUT2D eigenvalue weighted by Crippen LogP contribution is 2.25. The van der Waals surface area contributed by atoms with Gasteiger partial charge in [-0.15, -0.1) is 0 Å². The molecule has 1 N–H and O–H groups in total. The normalized spacial score (nSPS) is 16.8. The first kappa shape index (κ1) is 22.6. The lowest BCUT2D eigenvalue weighted by Crippen LogP contribution is -2.37. The Morgan fingerprint density at radius 2 is 1.73 bits per heavy atom. The number of hydrogen-bond donors (Lipinski definition) is 1. The van der Waals surface area contributed by atoms with E-state index in [2.05, 4.69) is 12.2 Å². The van der Waals surface area contributed by atoms with Crippen molar-refractivity contribution in [2.75, 3.05) is 19.7 Å². The number of carbonyl (C=O) groups excluding carboxylic acids is 1. The van der Waals surface area contributed by atoms with E-state index in [-0.39, 0.29) is 23.5 Å². The van der Waals surface area contributed by atoms with Crippen LogP contribution in [-0.4, -0.2) is 38.3 Å². The quantitative estimate of drug-likeness (QED) is 0.691. The first-order chi connectivity index (χ1) is 14.3. The summed E-state index contributed by atoms with van der Waals surface area (Å²) in [6.07, 6.45) is 1.76. The summed E-state index contributed by atoms with van der Waals surface area (Å²) in [6.45, 7) is 4.96. The van der Waals surface area contributed by atoms with Gasteiger partial charge in [-0.2, -0.15) is 4.31 Å². The maximum atomic E-state index is 12.8. The Morgan fingerprint density at radius 3 is 2.33 bits per heavy atom. The molecule has 30 heavy (non-hydrogen) atoms. The zero-order chi connectivity index (χ0) is 21.7. The van der Waals surface area contributed by atoms with E-state index < -0.39 is 10.0 Å². The van der Waals surface area contributed by atoms with Crippen molar-refractivity contribution >= 4 is 27.5 Å². The summed E-state index contributed by atoms with van der Waals surface area (Å²) in [5, 5.41) is 3.50. The predicted molar refractivity (Wildman–Crippen MR) is 117 cm³/mol. The highest BCUT2D eigenvalue weighted by molar-refractivity contribution is 7.89. The van der Waals surface area contributed by atoms with Gasteiger partial charge in [0, 0.05) is 18.1 Å². The third kappa shape index (κ3) is 5.74. The molecule has 1 aliphatic rings. The lowest BCUT2D eigenvalue weighted by Gasteiger charge is -2.29. The summed E-state index contributed by atoms with van der Waals surface area (Å²) in [6, 6.07) is 13.3. The van der Waals surface area contributed by atoms with Crippen molar-refractivity contribution in [3.63, 3.8) is 0 Å². The zero-order valence-electron chi connectivity index (χ0n) is 17.2. The van der Waals surface area contributed by atoms with Gasteiger partial charge in [0.25, 0.3) is 5.91 Å². The molecule has 1 fully saturated rings. The topological polar surface area (TPSA) is 75.7 Å². The number of piperidine rings is 1. The summed E-state index contributed by atoms with van der Waals surface area (Å²) in [7, 11) is -3.49. The van der Waals surface area contributed by atoms with Crippen LogP contribution in [0.3, 0.4) is 0 Å². The number of nitrogens with one attached hydrogen (secondary N) is 1. The lowest BCUT2D eigenvalue weighted by atomic mass is 10.0. The Balaban J connectivity index is 1.53. The van der Waals surface area contributed by atoms with Gasteiger partial charge >= 0.3 is 0 Å². The van der Waals surface area contributed by atoms with E-state index in [9.17, 15) is 13.2 Å². The van der Waals surface area contributed by atoms with Crippen molar-refractivity contribution in [3.05, 3.63) is 59.1 Å². The van der Waals surface area contributed by atoms with Crippen molar-refractivity contribution in [1.82, 2.24) is 9.62 Å². The number of carbonyl (C=O) groups is 1. The average molecular weight is 451 g/mol. The molecule has 8 heteroatoms. The summed E-state index contributed by atoms with van der Waals surface area (Å²) >= 11 is 5.88. The molecule has 6 nitrogen and oxygen atoms in total. The molecule has 2 aromatic carbocycles. The highest BCUT2D eigenvalue weighted by atomic mass is 35.5. The second kappa shape index (κ2) is 9.81. The van der Waals surface area contributed by atoms with Crippen molar-refractivity contribution < 1.29 is 17.9 Å². The van der Waals surface area contributed by atoms with E-state index in [4.69, 9.17) is 16.3 Å². The van der Waals surface area contributed by atoms with Crippen LogP contribution in [0.25, 0.3) is 0 Å². The van der Waals surface area contributed by atoms with E-state index in [1.54, 1.807) is 24.3 Å². The molecular formula is C22H27ClN2O4S. The number of rotatable bonds is 7. The molecule has 3 rings (SSSR count). The van der Waals surface area contributed by atoms with E-state index in [1.165, 1.54) is 16.4 Å². The van der Waals surface area contributed by atoms with Crippen LogP contribution >= 0.6 is 11.6 Å². The van der Waals surface area contributed by atoms with E-state index >= 15 is 0 Å². The van der Waals surface area contributed by atoms with Crippen LogP contribution in [0.1, 0.15) is 38.3 Å². The molecule has 0 unspecified atom stereocenters. The van der Waals surface area contributed by atoms with E-state index in [0.29, 0.717) is 29.8 Å². The molecular weight excluding hydrogens is 424 g/mol. The molecule has 0 aromatic heterocycles. The number of hydrogen-bond acceptors (Lipinski definition) is 4. The average Bonchev–Trinajstić information content (AvgIpc) is 2.73. The maximum Gasteiger partial charge on any atom is 0.258 e. The number of amides is 1. The van der Waals surface area contributed by atoms with Crippen LogP contribution in [0.4, 0.5) is 0 Å². The third-order valence-corrected chi connectivity index (χ3v) is 7.49. The lowest BCUT2D eigenvalue weighted by molar-refractivity contribution is -0.123. The molecule has 0 saturated carbocycles. The van der Waals surface area contributed by atoms with Gasteiger partial charge in [-0.05, 0) is 67.6 Å². The summed E-state index contributed by atoms with van der Waals surface area (Å²) in [5.74, 6) is 0.730. The Kier molecular flexibility index (Phi) is 7.39. The number of sulfonamides is 1. The maximum absolute atomic E-state index is 12.8. The van der Waals surface area contributed by atoms with Crippen molar-refractivity contribution in [2.24, 2.45) is 5.92 Å². The fraction of sp³-hybridized carbons (Fsp3) is 0.409. The first-order valence-corrected chi connectivity index (χ1v) is 11.9. The van der Waals surface area contributed by atoms with E-state index in [0.717, 1.165) is 18.4 Å². The second-order valence-corrected chi connectivity index (χ2v) is 10.1. The van der Waals surface area contributed by atoms with Crippen molar-refractivity contribution in [2.45, 2.75) is 37.6 Å². The van der Waals surface area contributed by atoms with Crippen LogP contribution in [0, 0.1) is 5.92 Å². The van der Waals surface area contributed by atoms with Crippen molar-refractivity contribution in [3.8, 4) is 5.75 Å². The van der Waals surface area contributed by atoms with Crippen LogP contribution < -0.4 is 10.1 Å². The van der Waals surface area contributed by atoms with Crippen LogP contribution in [0.5, 0.6) is 5.75 Å². The molecule has 0 bridgehead atoms. The number of ether oxygens (including phenoxy) is 1. The first-order valence-electron chi connectivity index (χ1n) is 10.0. The molecule has 162 valence electrons. The van der Waals surface area contributed by atoms with Gasteiger partial charge in [-0.1, -0.05) is 30.7 Å². The minimum atomic E-state index is -3.49. The fourth-order valence-electron chi connectivity index (χ4n) is 3.35.